The number of carbonyl (C=O) groups excluding carboxylic acids is 2. The van der Waals surface area contributed by atoms with Gasteiger partial charge in [-0.05, 0) is 50.6 Å². The van der Waals surface area contributed by atoms with Crippen molar-refractivity contribution in [2.75, 3.05) is 23.7 Å². The third kappa shape index (κ3) is 5.04. The summed E-state index contributed by atoms with van der Waals surface area (Å²) < 4.78 is 0. The molecule has 0 aliphatic carbocycles. The summed E-state index contributed by atoms with van der Waals surface area (Å²) in [7, 11) is 0. The van der Waals surface area contributed by atoms with Crippen LogP contribution in [0.4, 0.5) is 11.4 Å². The van der Waals surface area contributed by atoms with Gasteiger partial charge in [-0.3, -0.25) is 14.5 Å². The summed E-state index contributed by atoms with van der Waals surface area (Å²) in [5.41, 5.74) is 1.27. The number of hydrogen-bond donors (Lipinski definition) is 2. The maximum atomic E-state index is 12.7. The molecule has 1 aliphatic heterocycles. The van der Waals surface area contributed by atoms with E-state index in [1.807, 2.05) is 42.2 Å². The third-order valence-corrected chi connectivity index (χ3v) is 5.82. The number of carbonyl (C=O) groups is 2. The fourth-order valence-corrected chi connectivity index (χ4v) is 3.69. The Bertz CT molecular complexity index is 845. The van der Waals surface area contributed by atoms with Crippen LogP contribution >= 0.6 is 23.2 Å². The molecule has 1 heterocycles. The second-order valence-corrected chi connectivity index (χ2v) is 7.74. The molecule has 0 aromatic heterocycles. The predicted octanol–water partition coefficient (Wildman–Crippen LogP) is 4.67. The van der Waals surface area contributed by atoms with Crippen LogP contribution < -0.4 is 10.6 Å². The van der Waals surface area contributed by atoms with E-state index in [9.17, 15) is 9.59 Å². The molecule has 5 nitrogen and oxygen atoms in total. The van der Waals surface area contributed by atoms with Gasteiger partial charge >= 0.3 is 0 Å². The molecule has 2 aromatic rings. The molecule has 0 radical (unpaired) electrons. The summed E-state index contributed by atoms with van der Waals surface area (Å²) in [6, 6.07) is 14.1. The summed E-state index contributed by atoms with van der Waals surface area (Å²) in [6.07, 6.45) is 1.67. The minimum atomic E-state index is -0.387. The molecule has 1 fully saturated rings. The zero-order valence-corrected chi connectivity index (χ0v) is 17.1. The molecule has 3 rings (SSSR count). The Labute approximate surface area is 175 Å². The van der Waals surface area contributed by atoms with Gasteiger partial charge in [0.1, 0.15) is 0 Å². The van der Waals surface area contributed by atoms with Gasteiger partial charge < -0.3 is 10.6 Å². The van der Waals surface area contributed by atoms with Gasteiger partial charge in [0.2, 0.25) is 11.8 Å². The number of likely N-dealkylation sites (tertiary alicyclic amines) is 1. The first-order valence-corrected chi connectivity index (χ1v) is 10.1. The van der Waals surface area contributed by atoms with Crippen LogP contribution in [0.1, 0.15) is 19.8 Å². The van der Waals surface area contributed by atoms with Crippen molar-refractivity contribution in [2.24, 2.45) is 5.92 Å². The molecule has 2 amide bonds. The molecule has 2 aromatic carbocycles. The Morgan fingerprint density at radius 1 is 1.07 bits per heavy atom. The smallest absolute Gasteiger partial charge is 0.241 e. The normalized spacial score (nSPS) is 18.3. The van der Waals surface area contributed by atoms with E-state index in [1.54, 1.807) is 18.2 Å². The Morgan fingerprint density at radius 2 is 1.82 bits per heavy atom. The first-order valence-electron chi connectivity index (χ1n) is 9.30. The average molecular weight is 420 g/mol. The van der Waals surface area contributed by atoms with Crippen LogP contribution in [0.5, 0.6) is 0 Å². The molecule has 7 heteroatoms. The first-order chi connectivity index (χ1) is 13.5. The quantitative estimate of drug-likeness (QED) is 0.739. The number of rotatable bonds is 5. The van der Waals surface area contributed by atoms with Crippen LogP contribution in [0.3, 0.4) is 0 Å². The first kappa shape index (κ1) is 20.6. The van der Waals surface area contributed by atoms with Crippen molar-refractivity contribution in [2.45, 2.75) is 25.8 Å². The van der Waals surface area contributed by atoms with E-state index in [0.717, 1.165) is 25.1 Å². The van der Waals surface area contributed by atoms with E-state index in [1.165, 1.54) is 0 Å². The Morgan fingerprint density at radius 3 is 2.57 bits per heavy atom. The predicted molar refractivity (Wildman–Crippen MR) is 114 cm³/mol. The van der Waals surface area contributed by atoms with Crippen molar-refractivity contribution in [1.82, 2.24) is 4.90 Å². The summed E-state index contributed by atoms with van der Waals surface area (Å²) in [4.78, 5) is 27.3. The number of nitrogens with zero attached hydrogens (tertiary/aromatic N) is 1. The summed E-state index contributed by atoms with van der Waals surface area (Å²) >= 11 is 12.2. The van der Waals surface area contributed by atoms with Crippen molar-refractivity contribution < 1.29 is 9.59 Å². The molecule has 148 valence electrons. The maximum Gasteiger partial charge on any atom is 0.241 e. The summed E-state index contributed by atoms with van der Waals surface area (Å²) in [6.45, 7) is 3.15. The van der Waals surface area contributed by atoms with Gasteiger partial charge in [0, 0.05) is 12.2 Å². The highest BCUT2D eigenvalue weighted by molar-refractivity contribution is 6.44. The maximum absolute atomic E-state index is 12.7. The average Bonchev–Trinajstić information content (AvgIpc) is 2.71. The molecular weight excluding hydrogens is 397 g/mol. The Balaban J connectivity index is 1.60. The minimum absolute atomic E-state index is 0.0126. The van der Waals surface area contributed by atoms with Gasteiger partial charge in [0.25, 0.3) is 0 Å². The third-order valence-electron chi connectivity index (χ3n) is 5.00. The highest BCUT2D eigenvalue weighted by atomic mass is 35.5. The molecular formula is C21H23Cl2N3O2. The number of amides is 2. The van der Waals surface area contributed by atoms with E-state index < -0.39 is 0 Å². The van der Waals surface area contributed by atoms with Crippen molar-refractivity contribution in [3.8, 4) is 0 Å². The monoisotopic (exact) mass is 419 g/mol. The van der Waals surface area contributed by atoms with Crippen molar-refractivity contribution >= 4 is 46.4 Å². The lowest BCUT2D eigenvalue weighted by molar-refractivity contribution is -0.125. The number of hydrogen-bond acceptors (Lipinski definition) is 3. The van der Waals surface area contributed by atoms with E-state index in [-0.39, 0.29) is 23.8 Å². The number of nitrogens with one attached hydrogen (secondary N) is 2. The van der Waals surface area contributed by atoms with Crippen molar-refractivity contribution in [3.63, 3.8) is 0 Å². The van der Waals surface area contributed by atoms with Crippen molar-refractivity contribution in [1.29, 1.82) is 0 Å². The molecule has 1 aliphatic rings. The van der Waals surface area contributed by atoms with Crippen LogP contribution in [0.2, 0.25) is 10.0 Å². The van der Waals surface area contributed by atoms with Crippen LogP contribution in [-0.4, -0.2) is 35.8 Å². The Hall–Kier alpha value is -2.08. The van der Waals surface area contributed by atoms with Gasteiger partial charge in [0.05, 0.1) is 27.7 Å². The second kappa shape index (κ2) is 9.41. The van der Waals surface area contributed by atoms with Gasteiger partial charge in [-0.1, -0.05) is 47.5 Å². The molecule has 2 N–H and O–H groups in total. The topological polar surface area (TPSA) is 61.4 Å². The number of para-hydroxylation sites is 1. The summed E-state index contributed by atoms with van der Waals surface area (Å²) in [5, 5.41) is 6.50. The van der Waals surface area contributed by atoms with Crippen LogP contribution in [0, 0.1) is 5.92 Å². The molecule has 0 bridgehead atoms. The number of anilines is 2. The molecule has 28 heavy (non-hydrogen) atoms. The van der Waals surface area contributed by atoms with E-state index in [0.29, 0.717) is 22.3 Å². The molecule has 2 unspecified atom stereocenters. The van der Waals surface area contributed by atoms with Gasteiger partial charge in [-0.2, -0.15) is 0 Å². The van der Waals surface area contributed by atoms with Crippen molar-refractivity contribution in [3.05, 3.63) is 58.6 Å². The van der Waals surface area contributed by atoms with Crippen LogP contribution in [0.15, 0.2) is 48.5 Å². The number of benzene rings is 2. The van der Waals surface area contributed by atoms with Gasteiger partial charge in [0.15, 0.2) is 0 Å². The largest absolute Gasteiger partial charge is 0.326 e. The molecule has 0 saturated carbocycles. The molecule has 1 saturated heterocycles. The standard InChI is InChI=1S/C21H23Cl2N3O2/c1-14(20(27)25-18-11-5-10-17(22)19(18)23)26-12-6-7-15(13-26)21(28)24-16-8-3-2-4-9-16/h2-5,8-11,14-15H,6-7,12-13H2,1H3,(H,24,28)(H,25,27). The SMILES string of the molecule is CC(C(=O)Nc1cccc(Cl)c1Cl)N1CCCC(C(=O)Nc2ccccc2)C1. The fraction of sp³-hybridized carbons (Fsp3) is 0.333. The molecule has 2 atom stereocenters. The summed E-state index contributed by atoms with van der Waals surface area (Å²) in [5.74, 6) is -0.339. The fourth-order valence-electron chi connectivity index (χ4n) is 3.34. The van der Waals surface area contributed by atoms with Crippen LogP contribution in [0.25, 0.3) is 0 Å². The highest BCUT2D eigenvalue weighted by Crippen LogP contribution is 2.30. The second-order valence-electron chi connectivity index (χ2n) is 6.96. The molecule has 0 spiro atoms. The lowest BCUT2D eigenvalue weighted by atomic mass is 9.95. The number of piperidine rings is 1. The zero-order valence-electron chi connectivity index (χ0n) is 15.6. The Kier molecular flexibility index (Phi) is 6.94. The van der Waals surface area contributed by atoms with E-state index in [2.05, 4.69) is 10.6 Å². The van der Waals surface area contributed by atoms with Gasteiger partial charge in [-0.25, -0.2) is 0 Å². The number of halogens is 2. The minimum Gasteiger partial charge on any atom is -0.326 e. The lowest BCUT2D eigenvalue weighted by Gasteiger charge is -2.35. The van der Waals surface area contributed by atoms with Gasteiger partial charge in [-0.15, -0.1) is 0 Å². The van der Waals surface area contributed by atoms with E-state index >= 15 is 0 Å². The zero-order chi connectivity index (χ0) is 20.1. The highest BCUT2D eigenvalue weighted by Gasteiger charge is 2.31. The lowest BCUT2D eigenvalue weighted by Crippen LogP contribution is -2.49. The van der Waals surface area contributed by atoms with Crippen LogP contribution in [-0.2, 0) is 9.59 Å². The van der Waals surface area contributed by atoms with E-state index in [4.69, 9.17) is 23.2 Å².